The molecular formula is C46H74O19. The number of methoxy groups -OCH3 is 1. The van der Waals surface area contributed by atoms with Gasteiger partial charge in [-0.25, -0.2) is 0 Å². The lowest BCUT2D eigenvalue weighted by Crippen LogP contribution is -2.65. The van der Waals surface area contributed by atoms with E-state index in [0.29, 0.717) is 31.1 Å². The molecule has 5 aliphatic heterocycles. The van der Waals surface area contributed by atoms with Crippen molar-refractivity contribution in [2.75, 3.05) is 20.3 Å². The van der Waals surface area contributed by atoms with E-state index in [0.717, 1.165) is 38.5 Å². The minimum atomic E-state index is -1.73. The maximum Gasteiger partial charge on any atom is 0.187 e. The van der Waals surface area contributed by atoms with Gasteiger partial charge in [0.1, 0.15) is 72.7 Å². The van der Waals surface area contributed by atoms with Crippen molar-refractivity contribution in [3.63, 3.8) is 0 Å². The van der Waals surface area contributed by atoms with Crippen LogP contribution in [-0.4, -0.2) is 193 Å². The van der Waals surface area contributed by atoms with Crippen molar-refractivity contribution < 1.29 is 93.7 Å². The minimum Gasteiger partial charge on any atom is -0.394 e. The van der Waals surface area contributed by atoms with E-state index in [4.69, 9.17) is 42.6 Å². The molecule has 0 unspecified atom stereocenters. The second-order valence-electron chi connectivity index (χ2n) is 21.5. The summed E-state index contributed by atoms with van der Waals surface area (Å²) in [7, 11) is 1.66. The zero-order valence-corrected chi connectivity index (χ0v) is 38.3. The maximum absolute atomic E-state index is 12.9. The molecule has 0 amide bonds. The zero-order valence-electron chi connectivity index (χ0n) is 38.3. The van der Waals surface area contributed by atoms with E-state index in [1.807, 2.05) is 0 Å². The Morgan fingerprint density at radius 2 is 1.38 bits per heavy atom. The summed E-state index contributed by atoms with van der Waals surface area (Å²) in [6.07, 6.45) is -14.7. The molecule has 65 heavy (non-hydrogen) atoms. The van der Waals surface area contributed by atoms with Gasteiger partial charge in [0, 0.05) is 30.8 Å². The van der Waals surface area contributed by atoms with Crippen LogP contribution < -0.4 is 0 Å². The molecule has 1 spiro atoms. The summed E-state index contributed by atoms with van der Waals surface area (Å²) in [6.45, 7) is 9.14. The third kappa shape index (κ3) is 7.74. The maximum atomic E-state index is 12.9. The highest BCUT2D eigenvalue weighted by Gasteiger charge is 2.76. The van der Waals surface area contributed by atoms with Crippen LogP contribution in [0, 0.1) is 40.4 Å². The minimum absolute atomic E-state index is 0.152. The van der Waals surface area contributed by atoms with Crippen molar-refractivity contribution in [1.82, 2.24) is 0 Å². The first-order valence-electron chi connectivity index (χ1n) is 24.0. The van der Waals surface area contributed by atoms with Crippen LogP contribution in [0.15, 0.2) is 11.6 Å². The number of hydrogen-bond acceptors (Lipinski definition) is 19. The molecule has 0 radical (unpaired) electrons. The van der Waals surface area contributed by atoms with Crippen LogP contribution in [0.1, 0.15) is 92.4 Å². The molecule has 0 aromatic heterocycles. The largest absolute Gasteiger partial charge is 0.394 e. The van der Waals surface area contributed by atoms with E-state index in [9.17, 15) is 51.1 Å². The van der Waals surface area contributed by atoms with Crippen LogP contribution in [0.4, 0.5) is 0 Å². The van der Waals surface area contributed by atoms with E-state index in [-0.39, 0.29) is 41.0 Å². The Kier molecular flexibility index (Phi) is 13.6. The average molecular weight is 931 g/mol. The predicted octanol–water partition coefficient (Wildman–Crippen LogP) is -0.698. The molecule has 0 aromatic rings. The molecule has 9 rings (SSSR count). The van der Waals surface area contributed by atoms with Gasteiger partial charge in [-0.1, -0.05) is 39.3 Å². The van der Waals surface area contributed by atoms with Gasteiger partial charge < -0.3 is 93.7 Å². The molecule has 3 saturated carbocycles. The number of fused-ring (bicyclic) bond motifs is 7. The van der Waals surface area contributed by atoms with E-state index in [2.05, 4.69) is 33.8 Å². The molecule has 372 valence electrons. The number of ether oxygens (including phenoxy) is 9. The quantitative estimate of drug-likeness (QED) is 0.128. The SMILES string of the molecule is CO[C@@H]1O[C@]2(CC[C@H]1C)O[C@H]1C[C@H]3[C@@H]4CC=C5C[C@@H](O[C@@H]6O[C@H](CO[C@@H]7O[C@H](CO)[C@@H](O)[C@H](O)[C@H]7O)[C@@H](O)[C@H](O)[C@H]6O[C@@H]6O[C@@H](C)[C@H](O)[C@@H](O)[C@H]6O)CC[C@]5(C)[C@H]4CC[C@]3(C)[C@@]1(O)[C@@H]2C. The van der Waals surface area contributed by atoms with Gasteiger partial charge in [0.25, 0.3) is 0 Å². The van der Waals surface area contributed by atoms with Gasteiger partial charge >= 0.3 is 0 Å². The number of hydrogen-bond donors (Lipinski definition) is 10. The lowest BCUT2D eigenvalue weighted by atomic mass is 9.46. The molecule has 8 fully saturated rings. The fraction of sp³-hybridized carbons (Fsp3) is 0.957. The molecule has 5 saturated heterocycles. The summed E-state index contributed by atoms with van der Waals surface area (Å²) in [5.74, 6) is 0.0340. The number of aliphatic hydroxyl groups is 10. The highest BCUT2D eigenvalue weighted by atomic mass is 16.8. The summed E-state index contributed by atoms with van der Waals surface area (Å²) < 4.78 is 55.1. The second-order valence-corrected chi connectivity index (χ2v) is 21.5. The van der Waals surface area contributed by atoms with Gasteiger partial charge in [-0.15, -0.1) is 0 Å². The van der Waals surface area contributed by atoms with Crippen molar-refractivity contribution in [2.24, 2.45) is 40.4 Å². The topological polar surface area (TPSA) is 285 Å². The normalized spacial score (nSPS) is 57.8. The highest BCUT2D eigenvalue weighted by molar-refractivity contribution is 5.29. The first-order valence-corrected chi connectivity index (χ1v) is 24.0. The van der Waals surface area contributed by atoms with E-state index < -0.39 is 123 Å². The lowest BCUT2D eigenvalue weighted by Gasteiger charge is -2.60. The number of allylic oxidation sites excluding steroid dienone is 1. The monoisotopic (exact) mass is 930 g/mol. The molecule has 27 atom stereocenters. The average Bonchev–Trinajstić information content (AvgIpc) is 3.64. The fourth-order valence-corrected chi connectivity index (χ4v) is 14.1. The first-order chi connectivity index (χ1) is 30.7. The Morgan fingerprint density at radius 1 is 0.692 bits per heavy atom. The van der Waals surface area contributed by atoms with E-state index in [1.54, 1.807) is 7.11 Å². The van der Waals surface area contributed by atoms with Crippen LogP contribution in [0.25, 0.3) is 0 Å². The number of aliphatic hydroxyl groups excluding tert-OH is 9. The molecule has 19 nitrogen and oxygen atoms in total. The van der Waals surface area contributed by atoms with Gasteiger partial charge in [-0.05, 0) is 81.5 Å². The summed E-state index contributed by atoms with van der Waals surface area (Å²) in [4.78, 5) is 0. The van der Waals surface area contributed by atoms with Crippen LogP contribution in [0.3, 0.4) is 0 Å². The van der Waals surface area contributed by atoms with Gasteiger partial charge in [0.05, 0.1) is 31.5 Å². The van der Waals surface area contributed by atoms with Gasteiger partial charge in [0.2, 0.25) is 0 Å². The Labute approximate surface area is 379 Å². The predicted molar refractivity (Wildman–Crippen MR) is 222 cm³/mol. The Balaban J connectivity index is 0.911. The molecular weight excluding hydrogens is 856 g/mol. The van der Waals surface area contributed by atoms with Crippen molar-refractivity contribution in [3.05, 3.63) is 11.6 Å². The zero-order chi connectivity index (χ0) is 46.7. The number of rotatable bonds is 9. The van der Waals surface area contributed by atoms with Gasteiger partial charge in [-0.2, -0.15) is 0 Å². The van der Waals surface area contributed by atoms with E-state index in [1.165, 1.54) is 12.5 Å². The summed E-state index contributed by atoms with van der Waals surface area (Å²) in [5, 5.41) is 108. The molecule has 5 heterocycles. The van der Waals surface area contributed by atoms with Crippen molar-refractivity contribution in [2.45, 2.75) is 214 Å². The molecule has 0 bridgehead atoms. The lowest BCUT2D eigenvalue weighted by molar-refractivity contribution is -0.375. The summed E-state index contributed by atoms with van der Waals surface area (Å²) in [6, 6.07) is 0. The molecule has 10 N–H and O–H groups in total. The smallest absolute Gasteiger partial charge is 0.187 e. The summed E-state index contributed by atoms with van der Waals surface area (Å²) in [5.41, 5.74) is -0.327. The van der Waals surface area contributed by atoms with Gasteiger partial charge in [0.15, 0.2) is 30.9 Å². The second kappa shape index (κ2) is 18.0. The standard InChI is InChI=1S/C46H74O19/c1-19-9-14-45(65-39(19)57-6)21(3)46(56)29(64-45)16-26-24-8-7-22-15-23(10-12-43(22,4)25(24)11-13-44(26,46)5)60-42-38(63-41-37(55)33(51)30(48)20(2)59-41)35(53)32(50)28(62-42)18-58-40-36(54)34(52)31(49)27(17-47)61-40/h7,19-21,23-42,47-56H,8-18H2,1-6H3/t19-,20+,21-,23+,24-,25+,26+,27-,28-,29+,30+,31-,32-,33-,34+,35+,36-,37-,38-,39-,40-,41+,42-,43+,44+,45+,46-/m1/s1. The third-order valence-electron chi connectivity index (χ3n) is 18.3. The molecule has 0 aromatic carbocycles. The van der Waals surface area contributed by atoms with Crippen LogP contribution >= 0.6 is 0 Å². The first kappa shape index (κ1) is 49.0. The third-order valence-corrected chi connectivity index (χ3v) is 18.3. The Morgan fingerprint density at radius 3 is 2.11 bits per heavy atom. The van der Waals surface area contributed by atoms with Crippen LogP contribution in [0.5, 0.6) is 0 Å². The van der Waals surface area contributed by atoms with E-state index >= 15 is 0 Å². The van der Waals surface area contributed by atoms with Crippen molar-refractivity contribution in [3.8, 4) is 0 Å². The van der Waals surface area contributed by atoms with Crippen molar-refractivity contribution >= 4 is 0 Å². The van der Waals surface area contributed by atoms with Crippen LogP contribution in [-0.2, 0) is 42.6 Å². The fourth-order valence-electron chi connectivity index (χ4n) is 14.1. The molecule has 19 heteroatoms. The van der Waals surface area contributed by atoms with Crippen molar-refractivity contribution in [1.29, 1.82) is 0 Å². The Bertz CT molecular complexity index is 1720. The summed E-state index contributed by atoms with van der Waals surface area (Å²) >= 11 is 0. The molecule has 4 aliphatic carbocycles. The molecule has 9 aliphatic rings. The Hall–Kier alpha value is -1.02. The van der Waals surface area contributed by atoms with Crippen LogP contribution in [0.2, 0.25) is 0 Å². The van der Waals surface area contributed by atoms with Gasteiger partial charge in [-0.3, -0.25) is 0 Å². The highest BCUT2D eigenvalue weighted by Crippen LogP contribution is 2.72.